The van der Waals surface area contributed by atoms with E-state index in [1.54, 1.807) is 53.0 Å². The van der Waals surface area contributed by atoms with Gasteiger partial charge in [0.05, 0.1) is 21.8 Å². The first-order chi connectivity index (χ1) is 15.3. The molecule has 0 unspecified atom stereocenters. The number of thiazole rings is 1. The highest BCUT2D eigenvalue weighted by molar-refractivity contribution is 7.89. The molecule has 1 N–H and O–H groups in total. The first kappa shape index (κ1) is 23.2. The van der Waals surface area contributed by atoms with Crippen molar-refractivity contribution in [3.8, 4) is 11.3 Å². The Labute approximate surface area is 201 Å². The molecule has 1 aliphatic rings. The Morgan fingerprint density at radius 2 is 1.88 bits per heavy atom. The van der Waals surface area contributed by atoms with Crippen LogP contribution in [0.2, 0.25) is 10.0 Å². The third-order valence-corrected chi connectivity index (χ3v) is 8.58. The van der Waals surface area contributed by atoms with E-state index >= 15 is 0 Å². The second-order valence-electron chi connectivity index (χ2n) is 7.68. The molecule has 1 saturated heterocycles. The molecule has 0 atom stereocenters. The highest BCUT2D eigenvalue weighted by Crippen LogP contribution is 2.28. The van der Waals surface area contributed by atoms with Gasteiger partial charge in [0.25, 0.3) is 0 Å². The number of hydrazone groups is 1. The van der Waals surface area contributed by atoms with E-state index in [1.807, 2.05) is 5.38 Å². The van der Waals surface area contributed by atoms with Crippen molar-refractivity contribution >= 4 is 55.9 Å². The van der Waals surface area contributed by atoms with Gasteiger partial charge < -0.3 is 0 Å². The number of nitrogens with one attached hydrogen (secondary N) is 1. The molecule has 1 aliphatic heterocycles. The number of anilines is 1. The van der Waals surface area contributed by atoms with Gasteiger partial charge in [0.1, 0.15) is 0 Å². The molecule has 0 aliphatic carbocycles. The van der Waals surface area contributed by atoms with E-state index < -0.39 is 10.0 Å². The number of benzene rings is 2. The molecule has 0 spiro atoms. The second-order valence-corrected chi connectivity index (χ2v) is 11.3. The maximum Gasteiger partial charge on any atom is 0.243 e. The molecule has 0 bridgehead atoms. The second kappa shape index (κ2) is 9.89. The summed E-state index contributed by atoms with van der Waals surface area (Å²) in [5, 5.41) is 7.75. The predicted molar refractivity (Wildman–Crippen MR) is 132 cm³/mol. The fourth-order valence-electron chi connectivity index (χ4n) is 3.39. The van der Waals surface area contributed by atoms with Crippen molar-refractivity contribution in [2.45, 2.75) is 24.7 Å². The van der Waals surface area contributed by atoms with Crippen molar-refractivity contribution in [1.82, 2.24) is 9.29 Å². The summed E-state index contributed by atoms with van der Waals surface area (Å²) in [6, 6.07) is 12.0. The first-order valence-corrected chi connectivity index (χ1v) is 13.2. The summed E-state index contributed by atoms with van der Waals surface area (Å²) in [6.45, 7) is 3.32. The predicted octanol–water partition coefficient (Wildman–Crippen LogP) is 5.98. The van der Waals surface area contributed by atoms with Gasteiger partial charge in [-0.2, -0.15) is 9.41 Å². The van der Waals surface area contributed by atoms with Crippen molar-refractivity contribution < 1.29 is 8.42 Å². The Morgan fingerprint density at radius 3 is 2.56 bits per heavy atom. The van der Waals surface area contributed by atoms with Crippen LogP contribution in [0, 0.1) is 5.92 Å². The van der Waals surface area contributed by atoms with Crippen LogP contribution in [0.4, 0.5) is 5.13 Å². The molecular weight excluding hydrogens is 487 g/mol. The molecule has 2 aromatic carbocycles. The molecule has 168 valence electrons. The van der Waals surface area contributed by atoms with E-state index in [-0.39, 0.29) is 0 Å². The summed E-state index contributed by atoms with van der Waals surface area (Å²) in [7, 11) is -3.46. The molecule has 4 rings (SSSR count). The van der Waals surface area contributed by atoms with Crippen LogP contribution in [0.15, 0.2) is 57.8 Å². The minimum atomic E-state index is -3.46. The van der Waals surface area contributed by atoms with Crippen LogP contribution >= 0.6 is 34.5 Å². The average molecular weight is 509 g/mol. The van der Waals surface area contributed by atoms with Gasteiger partial charge in [0.2, 0.25) is 15.2 Å². The van der Waals surface area contributed by atoms with Gasteiger partial charge in [-0.05, 0) is 43.0 Å². The number of rotatable bonds is 6. The number of hydrogen-bond donors (Lipinski definition) is 1. The Bertz CT molecular complexity index is 1220. The van der Waals surface area contributed by atoms with E-state index in [1.165, 1.54) is 11.3 Å². The summed E-state index contributed by atoms with van der Waals surface area (Å²) in [4.78, 5) is 4.83. The van der Waals surface area contributed by atoms with Gasteiger partial charge in [-0.25, -0.2) is 13.4 Å². The number of halogens is 2. The number of hydrogen-bond acceptors (Lipinski definition) is 6. The summed E-state index contributed by atoms with van der Waals surface area (Å²) < 4.78 is 27.4. The van der Waals surface area contributed by atoms with Gasteiger partial charge in [-0.15, -0.1) is 11.3 Å². The van der Waals surface area contributed by atoms with Gasteiger partial charge in [-0.1, -0.05) is 48.3 Å². The van der Waals surface area contributed by atoms with Gasteiger partial charge in [0, 0.05) is 34.6 Å². The van der Waals surface area contributed by atoms with Crippen LogP contribution in [0.5, 0.6) is 0 Å². The van der Waals surface area contributed by atoms with Gasteiger partial charge >= 0.3 is 0 Å². The van der Waals surface area contributed by atoms with Crippen molar-refractivity contribution in [2.75, 3.05) is 18.5 Å². The van der Waals surface area contributed by atoms with Crippen LogP contribution in [0.1, 0.15) is 25.3 Å². The fourth-order valence-corrected chi connectivity index (χ4v) is 5.99. The van der Waals surface area contributed by atoms with Gasteiger partial charge in [-0.3, -0.25) is 5.43 Å². The quantitative estimate of drug-likeness (QED) is 0.328. The molecule has 2 heterocycles. The average Bonchev–Trinajstić information content (AvgIpc) is 3.25. The molecular formula is C22H22Cl2N4O2S2. The summed E-state index contributed by atoms with van der Waals surface area (Å²) >= 11 is 13.4. The number of nitrogens with zero attached hydrogens (tertiary/aromatic N) is 3. The normalized spacial score (nSPS) is 16.0. The topological polar surface area (TPSA) is 74.7 Å². The van der Waals surface area contributed by atoms with Crippen molar-refractivity contribution in [1.29, 1.82) is 0 Å². The SMILES string of the molecule is CC1CCN(S(=O)(=O)c2ccc(-c3csc(N/N=C/c4ccc(Cl)cc4Cl)n3)cc2)CC1. The zero-order valence-electron chi connectivity index (χ0n) is 17.3. The third-order valence-electron chi connectivity index (χ3n) is 5.36. The molecule has 1 aromatic heterocycles. The smallest absolute Gasteiger partial charge is 0.243 e. The minimum Gasteiger partial charge on any atom is -0.253 e. The molecule has 1 fully saturated rings. The van der Waals surface area contributed by atoms with Crippen LogP contribution in [0.3, 0.4) is 0 Å². The maximum absolute atomic E-state index is 12.9. The molecule has 0 saturated carbocycles. The Balaban J connectivity index is 1.42. The minimum absolute atomic E-state index is 0.314. The van der Waals surface area contributed by atoms with Crippen LogP contribution in [-0.4, -0.2) is 37.0 Å². The maximum atomic E-state index is 12.9. The van der Waals surface area contributed by atoms with Crippen LogP contribution in [0.25, 0.3) is 11.3 Å². The highest BCUT2D eigenvalue weighted by atomic mass is 35.5. The summed E-state index contributed by atoms with van der Waals surface area (Å²) in [5.41, 5.74) is 5.21. The molecule has 32 heavy (non-hydrogen) atoms. The van der Waals surface area contributed by atoms with E-state index in [2.05, 4.69) is 22.4 Å². The zero-order chi connectivity index (χ0) is 22.7. The van der Waals surface area contributed by atoms with E-state index in [9.17, 15) is 8.42 Å². The highest BCUT2D eigenvalue weighted by Gasteiger charge is 2.27. The van der Waals surface area contributed by atoms with E-state index in [0.717, 1.165) is 29.7 Å². The van der Waals surface area contributed by atoms with Crippen molar-refractivity contribution in [3.05, 3.63) is 63.5 Å². The number of piperidine rings is 1. The molecule has 6 nitrogen and oxygen atoms in total. The van der Waals surface area contributed by atoms with Crippen molar-refractivity contribution in [3.63, 3.8) is 0 Å². The lowest BCUT2D eigenvalue weighted by Gasteiger charge is -2.29. The molecule has 10 heteroatoms. The number of aromatic nitrogens is 1. The lowest BCUT2D eigenvalue weighted by atomic mass is 10.0. The molecule has 0 radical (unpaired) electrons. The van der Waals surface area contributed by atoms with Crippen molar-refractivity contribution in [2.24, 2.45) is 11.0 Å². The largest absolute Gasteiger partial charge is 0.253 e. The lowest BCUT2D eigenvalue weighted by molar-refractivity contribution is 0.288. The molecule has 3 aromatic rings. The van der Waals surface area contributed by atoms with Gasteiger partial charge in [0.15, 0.2) is 0 Å². The van der Waals surface area contributed by atoms with E-state index in [4.69, 9.17) is 23.2 Å². The Hall–Kier alpha value is -1.97. The monoisotopic (exact) mass is 508 g/mol. The Kier molecular flexibility index (Phi) is 7.17. The lowest BCUT2D eigenvalue weighted by Crippen LogP contribution is -2.37. The Morgan fingerprint density at radius 1 is 1.16 bits per heavy atom. The van der Waals surface area contributed by atoms with Crippen LogP contribution < -0.4 is 5.43 Å². The third kappa shape index (κ3) is 5.32. The fraction of sp³-hybridized carbons (Fsp3) is 0.273. The standard InChI is InChI=1S/C22H22Cl2N4O2S2/c1-15-8-10-28(11-9-15)32(29,30)19-6-3-16(4-7-19)21-14-31-22(26-21)27-25-13-17-2-5-18(23)12-20(17)24/h2-7,12-15H,8-11H2,1H3,(H,26,27)/b25-13+. The number of sulfonamides is 1. The summed E-state index contributed by atoms with van der Waals surface area (Å²) in [5.74, 6) is 0.573. The summed E-state index contributed by atoms with van der Waals surface area (Å²) in [6.07, 6.45) is 3.40. The first-order valence-electron chi connectivity index (χ1n) is 10.1. The zero-order valence-corrected chi connectivity index (χ0v) is 20.5. The van der Waals surface area contributed by atoms with E-state index in [0.29, 0.717) is 39.1 Å². The molecule has 0 amide bonds. The van der Waals surface area contributed by atoms with Crippen LogP contribution in [-0.2, 0) is 10.0 Å².